The molecule has 0 radical (unpaired) electrons. The number of hydrogen-bond donors (Lipinski definition) is 1. The van der Waals surface area contributed by atoms with Crippen molar-refractivity contribution < 1.29 is 13.2 Å². The van der Waals surface area contributed by atoms with Crippen LogP contribution in [0.15, 0.2) is 45.5 Å². The molecule has 1 heterocycles. The highest BCUT2D eigenvalue weighted by Crippen LogP contribution is 2.36. The van der Waals surface area contributed by atoms with E-state index in [9.17, 15) is 13.2 Å². The summed E-state index contributed by atoms with van der Waals surface area (Å²) in [5, 5.41) is 0. The topological polar surface area (TPSA) is 38.9 Å². The lowest BCUT2D eigenvalue weighted by molar-refractivity contribution is -0.138. The molecular formula is C14H11Br2F3N2. The van der Waals surface area contributed by atoms with Crippen LogP contribution in [-0.2, 0) is 12.6 Å². The van der Waals surface area contributed by atoms with Gasteiger partial charge in [-0.2, -0.15) is 13.2 Å². The Bertz CT molecular complexity index is 627. The maximum Gasteiger partial charge on any atom is 0.417 e. The molecule has 2 nitrogen and oxygen atoms in total. The Labute approximate surface area is 136 Å². The predicted octanol–water partition coefficient (Wildman–Crippen LogP) is 4.87. The highest BCUT2D eigenvalue weighted by atomic mass is 79.9. The van der Waals surface area contributed by atoms with E-state index in [0.717, 1.165) is 16.2 Å². The Morgan fingerprint density at radius 2 is 1.86 bits per heavy atom. The van der Waals surface area contributed by atoms with E-state index < -0.39 is 17.8 Å². The molecule has 0 saturated heterocycles. The number of rotatable bonds is 3. The van der Waals surface area contributed by atoms with Crippen LogP contribution in [0.1, 0.15) is 22.9 Å². The van der Waals surface area contributed by atoms with Gasteiger partial charge in [0.05, 0.1) is 5.56 Å². The van der Waals surface area contributed by atoms with Crippen molar-refractivity contribution in [3.05, 3.63) is 62.3 Å². The van der Waals surface area contributed by atoms with Gasteiger partial charge in [0.15, 0.2) is 0 Å². The third-order valence-electron chi connectivity index (χ3n) is 2.94. The quantitative estimate of drug-likeness (QED) is 0.764. The Kier molecular flexibility index (Phi) is 5.06. The van der Waals surface area contributed by atoms with Gasteiger partial charge in [-0.05, 0) is 45.8 Å². The molecule has 2 N–H and O–H groups in total. The van der Waals surface area contributed by atoms with E-state index in [4.69, 9.17) is 5.73 Å². The predicted molar refractivity (Wildman–Crippen MR) is 81.7 cm³/mol. The maximum absolute atomic E-state index is 12.9. The van der Waals surface area contributed by atoms with Crippen molar-refractivity contribution in [3.8, 4) is 0 Å². The highest BCUT2D eigenvalue weighted by Gasteiger charge is 2.33. The zero-order valence-electron chi connectivity index (χ0n) is 10.7. The third kappa shape index (κ3) is 4.28. The molecule has 1 aromatic carbocycles. The number of benzene rings is 1. The van der Waals surface area contributed by atoms with Crippen LogP contribution in [0.3, 0.4) is 0 Å². The number of nitrogens with two attached hydrogens (primary N) is 1. The number of aromatic nitrogens is 1. The summed E-state index contributed by atoms with van der Waals surface area (Å²) in [5.41, 5.74) is 6.42. The standard InChI is InChI=1S/C14H11Br2F3N2/c15-9-2-3-10(21-7-9)6-13(20)8-1-4-12(16)11(5-8)14(17,18)19/h1-5,7,13H,6,20H2. The van der Waals surface area contributed by atoms with Crippen LogP contribution in [0.4, 0.5) is 13.2 Å². The minimum Gasteiger partial charge on any atom is -0.324 e. The number of hydrogen-bond acceptors (Lipinski definition) is 2. The second-order valence-corrected chi connectivity index (χ2v) is 6.29. The van der Waals surface area contributed by atoms with E-state index >= 15 is 0 Å². The highest BCUT2D eigenvalue weighted by molar-refractivity contribution is 9.10. The van der Waals surface area contributed by atoms with E-state index in [-0.39, 0.29) is 4.47 Å². The molecule has 0 fully saturated rings. The van der Waals surface area contributed by atoms with Crippen LogP contribution in [-0.4, -0.2) is 4.98 Å². The van der Waals surface area contributed by atoms with E-state index in [1.165, 1.54) is 6.07 Å². The van der Waals surface area contributed by atoms with E-state index in [1.807, 2.05) is 6.07 Å². The Morgan fingerprint density at radius 3 is 2.43 bits per heavy atom. The number of alkyl halides is 3. The summed E-state index contributed by atoms with van der Waals surface area (Å²) >= 11 is 6.18. The molecule has 0 saturated carbocycles. The van der Waals surface area contributed by atoms with Gasteiger partial charge in [0.25, 0.3) is 0 Å². The van der Waals surface area contributed by atoms with Crippen molar-refractivity contribution >= 4 is 31.9 Å². The van der Waals surface area contributed by atoms with Crippen LogP contribution in [0.25, 0.3) is 0 Å². The molecule has 0 aliphatic rings. The molecule has 0 aliphatic heterocycles. The average molecular weight is 424 g/mol. The monoisotopic (exact) mass is 422 g/mol. The summed E-state index contributed by atoms with van der Waals surface area (Å²) in [5.74, 6) is 0. The fourth-order valence-corrected chi connectivity index (χ4v) is 2.57. The maximum atomic E-state index is 12.9. The zero-order valence-corrected chi connectivity index (χ0v) is 13.8. The fourth-order valence-electron chi connectivity index (χ4n) is 1.86. The molecule has 1 atom stereocenters. The average Bonchev–Trinajstić information content (AvgIpc) is 2.40. The molecule has 2 rings (SSSR count). The van der Waals surface area contributed by atoms with Crippen molar-refractivity contribution in [2.75, 3.05) is 0 Å². The van der Waals surface area contributed by atoms with Crippen molar-refractivity contribution in [3.63, 3.8) is 0 Å². The normalized spacial score (nSPS) is 13.2. The summed E-state index contributed by atoms with van der Waals surface area (Å²) in [6.07, 6.45) is -2.42. The molecule has 1 aromatic heterocycles. The lowest BCUT2D eigenvalue weighted by atomic mass is 10.0. The first kappa shape index (κ1) is 16.5. The summed E-state index contributed by atoms with van der Waals surface area (Å²) < 4.78 is 39.5. The number of halogens is 5. The lowest BCUT2D eigenvalue weighted by Crippen LogP contribution is -2.16. The van der Waals surface area contributed by atoms with Crippen LogP contribution in [0, 0.1) is 0 Å². The summed E-state index contributed by atoms with van der Waals surface area (Å²) in [4.78, 5) is 4.17. The van der Waals surface area contributed by atoms with Crippen LogP contribution < -0.4 is 5.73 Å². The van der Waals surface area contributed by atoms with Crippen LogP contribution in [0.5, 0.6) is 0 Å². The first-order valence-corrected chi connectivity index (χ1v) is 7.58. The zero-order chi connectivity index (χ0) is 15.6. The molecule has 0 bridgehead atoms. The lowest BCUT2D eigenvalue weighted by Gasteiger charge is -2.15. The van der Waals surface area contributed by atoms with Gasteiger partial charge in [0.1, 0.15) is 0 Å². The van der Waals surface area contributed by atoms with E-state index in [2.05, 4.69) is 36.8 Å². The van der Waals surface area contributed by atoms with Gasteiger partial charge in [0, 0.05) is 33.3 Å². The molecule has 112 valence electrons. The molecule has 2 aromatic rings. The van der Waals surface area contributed by atoms with Crippen molar-refractivity contribution in [1.82, 2.24) is 4.98 Å². The van der Waals surface area contributed by atoms with Crippen LogP contribution in [0.2, 0.25) is 0 Å². The fraction of sp³-hybridized carbons (Fsp3) is 0.214. The molecule has 7 heteroatoms. The van der Waals surface area contributed by atoms with Crippen molar-refractivity contribution in [1.29, 1.82) is 0 Å². The molecule has 0 aliphatic carbocycles. The number of pyridine rings is 1. The molecule has 0 spiro atoms. The second kappa shape index (κ2) is 6.46. The van der Waals surface area contributed by atoms with Crippen molar-refractivity contribution in [2.45, 2.75) is 18.6 Å². The summed E-state index contributed by atoms with van der Waals surface area (Å²) in [7, 11) is 0. The second-order valence-electron chi connectivity index (χ2n) is 4.52. The minimum absolute atomic E-state index is 0.00715. The first-order chi connectivity index (χ1) is 9.77. The summed E-state index contributed by atoms with van der Waals surface area (Å²) in [6.45, 7) is 0. The SMILES string of the molecule is NC(Cc1ccc(Br)cn1)c1ccc(Br)c(C(F)(F)F)c1. The van der Waals surface area contributed by atoms with Gasteiger partial charge in [-0.3, -0.25) is 4.98 Å². The van der Waals surface area contributed by atoms with Gasteiger partial charge in [-0.25, -0.2) is 0 Å². The van der Waals surface area contributed by atoms with E-state index in [1.54, 1.807) is 18.3 Å². The van der Waals surface area contributed by atoms with Gasteiger partial charge in [-0.1, -0.05) is 22.0 Å². The molecule has 21 heavy (non-hydrogen) atoms. The number of nitrogens with zero attached hydrogens (tertiary/aromatic N) is 1. The molecular weight excluding hydrogens is 413 g/mol. The van der Waals surface area contributed by atoms with Gasteiger partial charge < -0.3 is 5.73 Å². The minimum atomic E-state index is -4.41. The van der Waals surface area contributed by atoms with Gasteiger partial charge in [0.2, 0.25) is 0 Å². The Morgan fingerprint density at radius 1 is 1.14 bits per heavy atom. The smallest absolute Gasteiger partial charge is 0.324 e. The Hall–Kier alpha value is -0.920. The Balaban J connectivity index is 2.23. The largest absolute Gasteiger partial charge is 0.417 e. The van der Waals surface area contributed by atoms with Gasteiger partial charge in [-0.15, -0.1) is 0 Å². The first-order valence-electron chi connectivity index (χ1n) is 6.00. The third-order valence-corrected chi connectivity index (χ3v) is 4.10. The van der Waals surface area contributed by atoms with E-state index in [0.29, 0.717) is 12.0 Å². The van der Waals surface area contributed by atoms with Gasteiger partial charge >= 0.3 is 6.18 Å². The molecule has 0 amide bonds. The summed E-state index contributed by atoms with van der Waals surface area (Å²) in [6, 6.07) is 7.09. The molecule has 1 unspecified atom stereocenters. The van der Waals surface area contributed by atoms with Crippen LogP contribution >= 0.6 is 31.9 Å². The van der Waals surface area contributed by atoms with Crippen molar-refractivity contribution in [2.24, 2.45) is 5.73 Å².